The Bertz CT molecular complexity index is 1010. The molecule has 30 heavy (non-hydrogen) atoms. The van der Waals surface area contributed by atoms with Gasteiger partial charge >= 0.3 is 6.09 Å². The first-order valence-corrected chi connectivity index (χ1v) is 9.52. The normalized spacial score (nSPS) is 16.7. The molecule has 0 amide bonds. The van der Waals surface area contributed by atoms with Crippen LogP contribution in [0.4, 0.5) is 15.0 Å². The van der Waals surface area contributed by atoms with Crippen molar-refractivity contribution in [3.05, 3.63) is 47.6 Å². The molecule has 1 aliphatic rings. The minimum Gasteiger partial charge on any atom is -0.442 e. The molecule has 2 aromatic rings. The van der Waals surface area contributed by atoms with Crippen molar-refractivity contribution in [1.29, 1.82) is 0 Å². The molecule has 0 aromatic carbocycles. The summed E-state index contributed by atoms with van der Waals surface area (Å²) >= 11 is 0. The van der Waals surface area contributed by atoms with Crippen LogP contribution in [0.25, 0.3) is 0 Å². The van der Waals surface area contributed by atoms with Gasteiger partial charge in [0, 0.05) is 19.2 Å². The minimum absolute atomic E-state index is 0.0195. The fourth-order valence-corrected chi connectivity index (χ4v) is 3.01. The van der Waals surface area contributed by atoms with E-state index in [4.69, 9.17) is 4.74 Å². The monoisotopic (exact) mass is 418 g/mol. The third-order valence-electron chi connectivity index (χ3n) is 4.42. The van der Waals surface area contributed by atoms with Crippen molar-refractivity contribution in [1.82, 2.24) is 14.8 Å². The Morgan fingerprint density at radius 3 is 2.77 bits per heavy atom. The number of aliphatic hydroxyl groups is 1. The zero-order valence-corrected chi connectivity index (χ0v) is 17.3. The highest BCUT2D eigenvalue weighted by molar-refractivity contribution is 6.10. The molecule has 0 spiro atoms. The predicted molar refractivity (Wildman–Crippen MR) is 104 cm³/mol. The zero-order chi connectivity index (χ0) is 22.1. The molecule has 0 radical (unpaired) electrons. The maximum absolute atomic E-state index is 14.2. The van der Waals surface area contributed by atoms with Crippen LogP contribution in [0.3, 0.4) is 0 Å². The van der Waals surface area contributed by atoms with Crippen molar-refractivity contribution < 1.29 is 28.4 Å². The number of rotatable bonds is 5. The van der Waals surface area contributed by atoms with Gasteiger partial charge in [0.25, 0.3) is 12.1 Å². The molecule has 0 saturated carbocycles. The van der Waals surface area contributed by atoms with E-state index in [1.54, 1.807) is 38.6 Å². The van der Waals surface area contributed by atoms with Gasteiger partial charge in [-0.25, -0.2) is 13.8 Å². The number of carbonyl (C=O) groups is 2. The third-order valence-corrected chi connectivity index (χ3v) is 4.42. The molecule has 10 heteroatoms. The lowest BCUT2D eigenvalue weighted by atomic mass is 10.1. The predicted octanol–water partition coefficient (Wildman–Crippen LogP) is 2.11. The topological polar surface area (TPSA) is 110 Å². The molecule has 0 bridgehead atoms. The minimum atomic E-state index is -0.704. The van der Waals surface area contributed by atoms with Crippen molar-refractivity contribution in [2.45, 2.75) is 39.2 Å². The molecule has 1 aliphatic carbocycles. The lowest BCUT2D eigenvalue weighted by molar-refractivity contribution is -0.674. The fourth-order valence-electron chi connectivity index (χ4n) is 3.01. The van der Waals surface area contributed by atoms with E-state index in [-0.39, 0.29) is 41.8 Å². The highest BCUT2D eigenvalue weighted by Crippen LogP contribution is 2.33. The van der Waals surface area contributed by atoms with Crippen LogP contribution in [-0.4, -0.2) is 44.0 Å². The summed E-state index contributed by atoms with van der Waals surface area (Å²) in [6.07, 6.45) is 4.13. The molecule has 160 valence electrons. The van der Waals surface area contributed by atoms with Crippen LogP contribution in [-0.2, 0) is 11.8 Å². The molecule has 3 rings (SSSR count). The van der Waals surface area contributed by atoms with Crippen molar-refractivity contribution >= 4 is 17.7 Å². The molecular weight excluding hydrogens is 393 g/mol. The third kappa shape index (κ3) is 4.88. The van der Waals surface area contributed by atoms with E-state index in [9.17, 15) is 19.1 Å². The molecule has 2 N–H and O–H groups in total. The molecule has 2 aromatic heterocycles. The Morgan fingerprint density at radius 1 is 1.40 bits per heavy atom. The van der Waals surface area contributed by atoms with Crippen LogP contribution in [0.15, 0.2) is 36.3 Å². The summed E-state index contributed by atoms with van der Waals surface area (Å²) in [6, 6.07) is 1.40. The summed E-state index contributed by atoms with van der Waals surface area (Å²) < 4.78 is 22.0. The summed E-state index contributed by atoms with van der Waals surface area (Å²) in [4.78, 5) is 29.4. The summed E-state index contributed by atoms with van der Waals surface area (Å²) in [5.41, 5.74) is -0.218. The number of nitrogens with zero attached hydrogens (tertiary/aromatic N) is 4. The lowest BCUT2D eigenvalue weighted by Crippen LogP contribution is -2.30. The number of halogens is 1. The smallest absolute Gasteiger partial charge is 0.435 e. The average Bonchev–Trinajstić information content (AvgIpc) is 3.28. The van der Waals surface area contributed by atoms with Crippen LogP contribution < -0.4 is 9.88 Å². The molecule has 0 saturated heterocycles. The Labute approximate surface area is 173 Å². The van der Waals surface area contributed by atoms with Crippen LogP contribution in [0.5, 0.6) is 0 Å². The second-order valence-electron chi connectivity index (χ2n) is 8.22. The fraction of sp³-hybridized carbons (Fsp3) is 0.450. The van der Waals surface area contributed by atoms with Crippen LogP contribution in [0.2, 0.25) is 0 Å². The largest absolute Gasteiger partial charge is 0.442 e. The van der Waals surface area contributed by atoms with Crippen LogP contribution >= 0.6 is 0 Å². The van der Waals surface area contributed by atoms with Crippen molar-refractivity contribution in [3.63, 3.8) is 0 Å². The van der Waals surface area contributed by atoms with E-state index in [2.05, 4.69) is 15.4 Å². The first-order valence-electron chi connectivity index (χ1n) is 9.52. The lowest BCUT2D eigenvalue weighted by Gasteiger charge is -2.18. The number of ether oxygens (including phenoxy) is 1. The van der Waals surface area contributed by atoms with Gasteiger partial charge in [0.2, 0.25) is 5.78 Å². The van der Waals surface area contributed by atoms with Crippen LogP contribution in [0.1, 0.15) is 49.7 Å². The maximum Gasteiger partial charge on any atom is 0.435 e. The van der Waals surface area contributed by atoms with Crippen molar-refractivity contribution in [2.24, 2.45) is 13.0 Å². The molecule has 1 unspecified atom stereocenters. The van der Waals surface area contributed by atoms with Gasteiger partial charge < -0.3 is 15.2 Å². The Morgan fingerprint density at radius 2 is 2.13 bits per heavy atom. The molecule has 0 aliphatic heterocycles. The molecule has 2 heterocycles. The highest BCUT2D eigenvalue weighted by atomic mass is 19.1. The van der Waals surface area contributed by atoms with E-state index >= 15 is 0 Å². The van der Waals surface area contributed by atoms with Gasteiger partial charge in [-0.3, -0.25) is 4.79 Å². The molecule has 1 atom stereocenters. The number of carbonyl (C=O) groups excluding carboxylic acids is 2. The number of hydrogen-bond acceptors (Lipinski definition) is 7. The first-order chi connectivity index (χ1) is 14.1. The molecular formula is C20H25FN5O4+. The number of aliphatic hydroxyl groups excluding tert-OH is 1. The highest BCUT2D eigenvalue weighted by Gasteiger charge is 2.29. The van der Waals surface area contributed by atoms with Gasteiger partial charge in [0.1, 0.15) is 28.9 Å². The van der Waals surface area contributed by atoms with Gasteiger partial charge in [-0.2, -0.15) is 9.78 Å². The van der Waals surface area contributed by atoms with Gasteiger partial charge in [-0.05, 0) is 44.2 Å². The first kappa shape index (κ1) is 21.6. The zero-order valence-electron chi connectivity index (χ0n) is 17.3. The van der Waals surface area contributed by atoms with E-state index in [0.717, 1.165) is 4.68 Å². The standard InChI is InChI=1S/C20H24FN5O4/c1-20(2,3)30-19(29)26-6-5-15(24-26)17(28)13-9-25(4)11-22-18(13)23-16-8-12(10-27)7-14(16)21/h5-6,9,11-12,27H,7-8,10H2,1-4H3/p+1. The number of anilines is 1. The SMILES string of the molecule is C[n+]1cnc(NC2=C(F)CC(CO)C2)c(C(=O)c2ccn(C(=O)OC(C)(C)C)n2)c1. The second kappa shape index (κ2) is 8.31. The summed E-state index contributed by atoms with van der Waals surface area (Å²) in [7, 11) is 1.70. The van der Waals surface area contributed by atoms with E-state index in [0.29, 0.717) is 12.1 Å². The average molecular weight is 418 g/mol. The van der Waals surface area contributed by atoms with E-state index < -0.39 is 17.5 Å². The second-order valence-corrected chi connectivity index (χ2v) is 8.22. The Balaban J connectivity index is 1.86. The Hall–Kier alpha value is -3.14. The van der Waals surface area contributed by atoms with E-state index in [1.165, 1.54) is 18.6 Å². The summed E-state index contributed by atoms with van der Waals surface area (Å²) in [5, 5.41) is 16.2. The number of ketones is 1. The van der Waals surface area contributed by atoms with E-state index in [1.807, 2.05) is 0 Å². The number of aromatic nitrogens is 4. The quantitative estimate of drug-likeness (QED) is 0.565. The summed E-state index contributed by atoms with van der Waals surface area (Å²) in [5.74, 6) is -0.873. The number of allylic oxidation sites excluding steroid dienone is 2. The number of hydrogen-bond donors (Lipinski definition) is 2. The van der Waals surface area contributed by atoms with Crippen molar-refractivity contribution in [2.75, 3.05) is 11.9 Å². The van der Waals surface area contributed by atoms with Crippen LogP contribution in [0, 0.1) is 5.92 Å². The van der Waals surface area contributed by atoms with Gasteiger partial charge in [0.15, 0.2) is 0 Å². The summed E-state index contributed by atoms with van der Waals surface area (Å²) in [6.45, 7) is 5.06. The maximum atomic E-state index is 14.2. The van der Waals surface area contributed by atoms with Crippen molar-refractivity contribution in [3.8, 4) is 0 Å². The number of nitrogens with one attached hydrogen (secondary N) is 1. The van der Waals surface area contributed by atoms with Gasteiger partial charge in [-0.1, -0.05) is 0 Å². The van der Waals surface area contributed by atoms with Gasteiger partial charge in [-0.15, -0.1) is 0 Å². The van der Waals surface area contributed by atoms with Gasteiger partial charge in [0.05, 0.1) is 12.7 Å². The number of aryl methyl sites for hydroxylation is 1. The molecule has 9 nitrogen and oxygen atoms in total. The molecule has 0 fully saturated rings. The Kier molecular flexibility index (Phi) is 5.97.